The predicted molar refractivity (Wildman–Crippen MR) is 79.8 cm³/mol. The third kappa shape index (κ3) is 4.47. The number of carbonyl (C=O) groups is 2. The second-order valence-electron chi connectivity index (χ2n) is 4.39. The molecule has 0 aliphatic carbocycles. The molecule has 2 amide bonds. The van der Waals surface area contributed by atoms with Gasteiger partial charge in [0.05, 0.1) is 24.4 Å². The van der Waals surface area contributed by atoms with Crippen LogP contribution in [-0.4, -0.2) is 29.5 Å². The topological polar surface area (TPSA) is 127 Å². The maximum Gasteiger partial charge on any atom is 0.433 e. The molecule has 2 rings (SSSR count). The number of hydrogen-bond donors (Lipinski definition) is 2. The lowest BCUT2D eigenvalue weighted by atomic mass is 10.2. The smallest absolute Gasteiger partial charge is 0.400 e. The Morgan fingerprint density at radius 3 is 2.71 bits per heavy atom. The fourth-order valence-corrected chi connectivity index (χ4v) is 1.62. The number of hydrazone groups is 1. The van der Waals surface area contributed by atoms with Crippen molar-refractivity contribution in [1.82, 2.24) is 10.7 Å². The van der Waals surface area contributed by atoms with Crippen molar-refractivity contribution >= 4 is 23.9 Å². The van der Waals surface area contributed by atoms with E-state index < -0.39 is 35.0 Å². The van der Waals surface area contributed by atoms with E-state index in [2.05, 4.69) is 15.8 Å². The van der Waals surface area contributed by atoms with Gasteiger partial charge < -0.3 is 9.73 Å². The van der Waals surface area contributed by atoms with Gasteiger partial charge in [-0.3, -0.25) is 19.7 Å². The van der Waals surface area contributed by atoms with E-state index in [0.29, 0.717) is 0 Å². The fourth-order valence-electron chi connectivity index (χ4n) is 1.62. The molecule has 0 radical (unpaired) electrons. The largest absolute Gasteiger partial charge is 0.433 e. The Hall–Kier alpha value is -3.56. The Balaban J connectivity index is 1.81. The number of nitrogens with one attached hydrogen (secondary N) is 2. The zero-order valence-corrected chi connectivity index (χ0v) is 12.1. The zero-order chi connectivity index (χ0) is 17.5. The van der Waals surface area contributed by atoms with E-state index in [0.717, 1.165) is 18.3 Å². The van der Waals surface area contributed by atoms with Gasteiger partial charge in [-0.1, -0.05) is 12.1 Å². The van der Waals surface area contributed by atoms with Crippen LogP contribution < -0.4 is 10.7 Å². The Kier molecular flexibility index (Phi) is 5.34. The number of halogens is 1. The molecule has 24 heavy (non-hydrogen) atoms. The summed E-state index contributed by atoms with van der Waals surface area (Å²) in [4.78, 5) is 32.9. The van der Waals surface area contributed by atoms with Crippen molar-refractivity contribution in [1.29, 1.82) is 0 Å². The number of rotatable bonds is 6. The lowest BCUT2D eigenvalue weighted by Gasteiger charge is -2.04. The number of benzene rings is 1. The molecule has 1 aromatic heterocycles. The van der Waals surface area contributed by atoms with Crippen molar-refractivity contribution < 1.29 is 23.3 Å². The van der Waals surface area contributed by atoms with E-state index in [1.807, 2.05) is 0 Å². The highest BCUT2D eigenvalue weighted by atomic mass is 19.1. The molecule has 0 saturated carbocycles. The van der Waals surface area contributed by atoms with Crippen molar-refractivity contribution in [2.45, 2.75) is 0 Å². The van der Waals surface area contributed by atoms with Crippen LogP contribution in [0, 0.1) is 15.9 Å². The van der Waals surface area contributed by atoms with E-state index in [1.165, 1.54) is 24.3 Å². The van der Waals surface area contributed by atoms with Gasteiger partial charge in [0, 0.05) is 0 Å². The zero-order valence-electron chi connectivity index (χ0n) is 12.1. The maximum atomic E-state index is 13.4. The second kappa shape index (κ2) is 7.63. The first-order chi connectivity index (χ1) is 11.5. The van der Waals surface area contributed by atoms with Gasteiger partial charge in [-0.2, -0.15) is 5.10 Å². The highest BCUT2D eigenvalue weighted by molar-refractivity contribution is 5.96. The van der Waals surface area contributed by atoms with E-state index in [4.69, 9.17) is 4.42 Å². The van der Waals surface area contributed by atoms with Crippen molar-refractivity contribution in [2.24, 2.45) is 5.10 Å². The van der Waals surface area contributed by atoms with Gasteiger partial charge in [-0.05, 0) is 18.2 Å². The molecule has 0 atom stereocenters. The van der Waals surface area contributed by atoms with Crippen LogP contribution in [0.25, 0.3) is 0 Å². The van der Waals surface area contributed by atoms with Crippen LogP contribution in [0.15, 0.2) is 45.9 Å². The fraction of sp³-hybridized carbons (Fsp3) is 0.0714. The molecule has 0 aliphatic heterocycles. The van der Waals surface area contributed by atoms with Gasteiger partial charge in [0.2, 0.25) is 0 Å². The van der Waals surface area contributed by atoms with E-state index >= 15 is 0 Å². The molecule has 10 heteroatoms. The van der Waals surface area contributed by atoms with Crippen molar-refractivity contribution in [3.05, 3.63) is 63.7 Å². The van der Waals surface area contributed by atoms with Crippen LogP contribution in [0.4, 0.5) is 10.3 Å². The summed E-state index contributed by atoms with van der Waals surface area (Å²) in [5.41, 5.74) is 1.90. The number of amides is 2. The third-order valence-electron chi connectivity index (χ3n) is 2.70. The Labute approximate surface area is 134 Å². The minimum atomic E-state index is -0.742. The first kappa shape index (κ1) is 16.8. The van der Waals surface area contributed by atoms with Gasteiger partial charge in [-0.15, -0.1) is 0 Å². The molecule has 0 fully saturated rings. The monoisotopic (exact) mass is 334 g/mol. The van der Waals surface area contributed by atoms with Crippen LogP contribution in [0.5, 0.6) is 0 Å². The molecular weight excluding hydrogens is 323 g/mol. The van der Waals surface area contributed by atoms with Crippen LogP contribution in [-0.2, 0) is 4.79 Å². The summed E-state index contributed by atoms with van der Waals surface area (Å²) < 4.78 is 18.2. The first-order valence-electron chi connectivity index (χ1n) is 6.56. The van der Waals surface area contributed by atoms with Crippen LogP contribution in [0.2, 0.25) is 0 Å². The summed E-state index contributed by atoms with van der Waals surface area (Å²) >= 11 is 0. The molecule has 0 unspecified atom stereocenters. The van der Waals surface area contributed by atoms with E-state index in [1.54, 1.807) is 0 Å². The van der Waals surface area contributed by atoms with E-state index in [9.17, 15) is 24.1 Å². The van der Waals surface area contributed by atoms with Gasteiger partial charge in [0.25, 0.3) is 11.8 Å². The summed E-state index contributed by atoms with van der Waals surface area (Å²) in [5.74, 6) is -2.50. The maximum absolute atomic E-state index is 13.4. The lowest BCUT2D eigenvalue weighted by Crippen LogP contribution is -2.35. The van der Waals surface area contributed by atoms with Crippen LogP contribution in [0.3, 0.4) is 0 Å². The number of furan rings is 1. The van der Waals surface area contributed by atoms with Crippen LogP contribution in [0.1, 0.15) is 16.1 Å². The summed E-state index contributed by atoms with van der Waals surface area (Å²) in [6.07, 6.45) is 1.06. The van der Waals surface area contributed by atoms with Crippen molar-refractivity contribution in [2.75, 3.05) is 6.54 Å². The molecule has 0 spiro atoms. The van der Waals surface area contributed by atoms with Gasteiger partial charge in [0.1, 0.15) is 10.7 Å². The molecule has 9 nitrogen and oxygen atoms in total. The van der Waals surface area contributed by atoms with Gasteiger partial charge >= 0.3 is 5.88 Å². The minimum absolute atomic E-state index is 0.0670. The number of hydrogen-bond acceptors (Lipinski definition) is 6. The molecular formula is C14H11FN4O5. The predicted octanol–water partition coefficient (Wildman–Crippen LogP) is 1.21. The van der Waals surface area contributed by atoms with Gasteiger partial charge in [-0.25, -0.2) is 9.82 Å². The SMILES string of the molecule is O=C(CNC(=O)c1ccccc1F)N/N=C\c1ccc([N+](=O)[O-])o1. The first-order valence-corrected chi connectivity index (χ1v) is 6.56. The summed E-state index contributed by atoms with van der Waals surface area (Å²) in [6.45, 7) is -0.428. The van der Waals surface area contributed by atoms with E-state index in [-0.39, 0.29) is 11.3 Å². The highest BCUT2D eigenvalue weighted by Gasteiger charge is 2.12. The number of nitro groups is 1. The van der Waals surface area contributed by atoms with Crippen LogP contribution >= 0.6 is 0 Å². The summed E-state index contributed by atoms with van der Waals surface area (Å²) in [5, 5.41) is 16.2. The molecule has 2 N–H and O–H groups in total. The molecule has 124 valence electrons. The summed E-state index contributed by atoms with van der Waals surface area (Å²) in [6, 6.07) is 7.77. The lowest BCUT2D eigenvalue weighted by molar-refractivity contribution is -0.402. The Morgan fingerprint density at radius 1 is 1.29 bits per heavy atom. The quantitative estimate of drug-likeness (QED) is 0.466. The standard InChI is InChI=1S/C14H11FN4O5/c15-11-4-2-1-3-10(11)14(21)16-8-12(20)18-17-7-9-5-6-13(24-9)19(22)23/h1-7H,8H2,(H,16,21)(H,18,20)/b17-7-. The molecule has 2 aromatic rings. The number of carbonyl (C=O) groups excluding carboxylic acids is 2. The average Bonchev–Trinajstić information content (AvgIpc) is 3.02. The second-order valence-corrected chi connectivity index (χ2v) is 4.39. The van der Waals surface area contributed by atoms with Crippen molar-refractivity contribution in [3.63, 3.8) is 0 Å². The average molecular weight is 334 g/mol. The van der Waals surface area contributed by atoms with Crippen molar-refractivity contribution in [3.8, 4) is 0 Å². The molecule has 0 saturated heterocycles. The highest BCUT2D eigenvalue weighted by Crippen LogP contribution is 2.13. The molecule has 0 bridgehead atoms. The third-order valence-corrected chi connectivity index (χ3v) is 2.70. The Morgan fingerprint density at radius 2 is 2.04 bits per heavy atom. The normalized spacial score (nSPS) is 10.5. The molecule has 1 heterocycles. The number of nitrogens with zero attached hydrogens (tertiary/aromatic N) is 2. The van der Waals surface area contributed by atoms with Gasteiger partial charge in [0.15, 0.2) is 5.76 Å². The Bertz CT molecular complexity index is 802. The molecule has 0 aliphatic rings. The summed E-state index contributed by atoms with van der Waals surface area (Å²) in [7, 11) is 0. The molecule has 1 aromatic carbocycles. The minimum Gasteiger partial charge on any atom is -0.400 e.